The topological polar surface area (TPSA) is 36.4 Å². The van der Waals surface area contributed by atoms with Gasteiger partial charge in [0.25, 0.3) is 0 Å². The van der Waals surface area contributed by atoms with Crippen molar-refractivity contribution >= 4 is 32.6 Å². The zero-order valence-corrected chi connectivity index (χ0v) is 14.3. The lowest BCUT2D eigenvalue weighted by Gasteiger charge is -2.36. The number of carbonyl (C=O) groups excluding carboxylic acids is 1. The van der Waals surface area contributed by atoms with Gasteiger partial charge >= 0.3 is 0 Å². The average molecular weight is 317 g/mol. The van der Waals surface area contributed by atoms with Crippen LogP contribution in [0.4, 0.5) is 5.13 Å². The summed E-state index contributed by atoms with van der Waals surface area (Å²) in [7, 11) is 1.91. The lowest BCUT2D eigenvalue weighted by atomic mass is 10.0. The van der Waals surface area contributed by atoms with Crippen LogP contribution in [0.5, 0.6) is 0 Å². The number of thiazole rings is 1. The van der Waals surface area contributed by atoms with Crippen molar-refractivity contribution in [3.05, 3.63) is 23.8 Å². The quantitative estimate of drug-likeness (QED) is 0.871. The van der Waals surface area contributed by atoms with E-state index < -0.39 is 0 Å². The number of fused-ring (bicyclic) bond motifs is 1. The smallest absolute Gasteiger partial charge is 0.219 e. The Balaban J connectivity index is 1.75. The Hall–Kier alpha value is -1.62. The second-order valence-corrected chi connectivity index (χ2v) is 6.97. The van der Waals surface area contributed by atoms with Gasteiger partial charge in [0.15, 0.2) is 5.13 Å². The molecule has 118 valence electrons. The minimum absolute atomic E-state index is 0.158. The van der Waals surface area contributed by atoms with Crippen molar-refractivity contribution in [3.8, 4) is 0 Å². The van der Waals surface area contributed by atoms with E-state index in [1.807, 2.05) is 11.9 Å². The largest absolute Gasteiger partial charge is 0.348 e. The third kappa shape index (κ3) is 2.82. The van der Waals surface area contributed by atoms with E-state index in [0.29, 0.717) is 6.04 Å². The number of benzene rings is 1. The first kappa shape index (κ1) is 15.3. The molecule has 0 atom stereocenters. The Morgan fingerprint density at radius 2 is 2.14 bits per heavy atom. The molecule has 5 heteroatoms. The molecule has 22 heavy (non-hydrogen) atoms. The molecule has 1 saturated heterocycles. The number of rotatable bonds is 3. The molecule has 0 unspecified atom stereocenters. The van der Waals surface area contributed by atoms with Gasteiger partial charge in [-0.05, 0) is 30.9 Å². The van der Waals surface area contributed by atoms with E-state index in [0.717, 1.165) is 43.0 Å². The van der Waals surface area contributed by atoms with Crippen LogP contribution in [-0.4, -0.2) is 42.0 Å². The van der Waals surface area contributed by atoms with Gasteiger partial charge in [-0.25, -0.2) is 4.98 Å². The second kappa shape index (κ2) is 6.24. The van der Waals surface area contributed by atoms with Crippen molar-refractivity contribution in [1.29, 1.82) is 0 Å². The first-order valence-corrected chi connectivity index (χ1v) is 8.78. The van der Waals surface area contributed by atoms with Gasteiger partial charge in [0.05, 0.1) is 10.2 Å². The molecule has 1 aliphatic rings. The van der Waals surface area contributed by atoms with E-state index in [9.17, 15) is 4.79 Å². The first-order chi connectivity index (χ1) is 10.6. The van der Waals surface area contributed by atoms with Crippen LogP contribution >= 0.6 is 11.3 Å². The van der Waals surface area contributed by atoms with E-state index in [1.54, 1.807) is 18.3 Å². The third-order valence-electron chi connectivity index (χ3n) is 4.65. The Kier molecular flexibility index (Phi) is 4.34. The third-order valence-corrected chi connectivity index (χ3v) is 5.73. The van der Waals surface area contributed by atoms with Crippen molar-refractivity contribution in [2.45, 2.75) is 39.2 Å². The molecule has 4 nitrogen and oxygen atoms in total. The minimum atomic E-state index is 0.158. The van der Waals surface area contributed by atoms with Crippen LogP contribution in [0.25, 0.3) is 10.2 Å². The zero-order valence-electron chi connectivity index (χ0n) is 13.5. The van der Waals surface area contributed by atoms with Gasteiger partial charge in [-0.2, -0.15) is 0 Å². The number of para-hydroxylation sites is 1. The van der Waals surface area contributed by atoms with Crippen LogP contribution in [0.3, 0.4) is 0 Å². The summed E-state index contributed by atoms with van der Waals surface area (Å²) < 4.78 is 1.28. The first-order valence-electron chi connectivity index (χ1n) is 7.97. The molecule has 1 fully saturated rings. The van der Waals surface area contributed by atoms with E-state index in [4.69, 9.17) is 4.98 Å². The number of nitrogens with zero attached hydrogens (tertiary/aromatic N) is 3. The number of anilines is 1. The van der Waals surface area contributed by atoms with Gasteiger partial charge in [-0.3, -0.25) is 4.79 Å². The Labute approximate surface area is 135 Å². The fourth-order valence-electron chi connectivity index (χ4n) is 3.12. The standard InChI is InChI=1S/C17H23N3OS/c1-4-13-6-5-7-15-16(13)18-17(22-15)20-10-8-14(9-11-20)19(3)12(2)21/h5-7,14H,4,8-11H2,1-3H3. The van der Waals surface area contributed by atoms with Crippen molar-refractivity contribution in [1.82, 2.24) is 9.88 Å². The van der Waals surface area contributed by atoms with E-state index in [1.165, 1.54) is 10.3 Å². The van der Waals surface area contributed by atoms with Gasteiger partial charge in [-0.15, -0.1) is 0 Å². The van der Waals surface area contributed by atoms with Crippen molar-refractivity contribution < 1.29 is 4.79 Å². The van der Waals surface area contributed by atoms with Crippen LogP contribution in [0.2, 0.25) is 0 Å². The maximum Gasteiger partial charge on any atom is 0.219 e. The molecular weight excluding hydrogens is 294 g/mol. The van der Waals surface area contributed by atoms with Crippen LogP contribution in [0, 0.1) is 0 Å². The van der Waals surface area contributed by atoms with E-state index in [-0.39, 0.29) is 5.91 Å². The summed E-state index contributed by atoms with van der Waals surface area (Å²) in [6, 6.07) is 6.82. The van der Waals surface area contributed by atoms with Crippen molar-refractivity contribution in [3.63, 3.8) is 0 Å². The molecule has 0 spiro atoms. The number of carbonyl (C=O) groups is 1. The van der Waals surface area contributed by atoms with Gasteiger partial charge in [-0.1, -0.05) is 30.4 Å². The highest BCUT2D eigenvalue weighted by atomic mass is 32.1. The highest BCUT2D eigenvalue weighted by Gasteiger charge is 2.25. The maximum absolute atomic E-state index is 11.5. The zero-order chi connectivity index (χ0) is 15.7. The summed E-state index contributed by atoms with van der Waals surface area (Å²) in [5.41, 5.74) is 2.49. The summed E-state index contributed by atoms with van der Waals surface area (Å²) in [4.78, 5) is 20.6. The lowest BCUT2D eigenvalue weighted by molar-refractivity contribution is -0.129. The summed E-state index contributed by atoms with van der Waals surface area (Å²) in [6.45, 7) is 5.77. The Morgan fingerprint density at radius 3 is 2.77 bits per heavy atom. The highest BCUT2D eigenvalue weighted by molar-refractivity contribution is 7.22. The van der Waals surface area contributed by atoms with Gasteiger partial charge < -0.3 is 9.80 Å². The van der Waals surface area contributed by atoms with Gasteiger partial charge in [0, 0.05) is 33.1 Å². The molecule has 0 N–H and O–H groups in total. The molecule has 0 aliphatic carbocycles. The number of amides is 1. The predicted molar refractivity (Wildman–Crippen MR) is 92.7 cm³/mol. The summed E-state index contributed by atoms with van der Waals surface area (Å²) in [5.74, 6) is 0.158. The van der Waals surface area contributed by atoms with Gasteiger partial charge in [0.2, 0.25) is 5.91 Å². The molecule has 1 aromatic carbocycles. The molecule has 1 amide bonds. The fraction of sp³-hybridized carbons (Fsp3) is 0.529. The maximum atomic E-state index is 11.5. The number of aromatic nitrogens is 1. The Bertz CT molecular complexity index is 674. The molecular formula is C17H23N3OS. The number of hydrogen-bond donors (Lipinski definition) is 0. The van der Waals surface area contributed by atoms with Crippen molar-refractivity contribution in [2.24, 2.45) is 0 Å². The molecule has 2 aromatic rings. The predicted octanol–water partition coefficient (Wildman–Crippen LogP) is 3.31. The summed E-state index contributed by atoms with van der Waals surface area (Å²) in [6.07, 6.45) is 3.06. The van der Waals surface area contributed by atoms with E-state index >= 15 is 0 Å². The highest BCUT2D eigenvalue weighted by Crippen LogP contribution is 2.32. The molecule has 0 bridgehead atoms. The van der Waals surface area contributed by atoms with Crippen LogP contribution < -0.4 is 4.90 Å². The van der Waals surface area contributed by atoms with Crippen molar-refractivity contribution in [2.75, 3.05) is 25.0 Å². The normalized spacial score (nSPS) is 16.2. The van der Waals surface area contributed by atoms with Crippen LogP contribution in [-0.2, 0) is 11.2 Å². The van der Waals surface area contributed by atoms with Crippen LogP contribution in [0.1, 0.15) is 32.3 Å². The fourth-order valence-corrected chi connectivity index (χ4v) is 4.18. The summed E-state index contributed by atoms with van der Waals surface area (Å²) in [5, 5.41) is 1.12. The number of aryl methyl sites for hydroxylation is 1. The Morgan fingerprint density at radius 1 is 1.41 bits per heavy atom. The molecule has 0 saturated carbocycles. The SMILES string of the molecule is CCc1cccc2sc(N3CCC(N(C)C(C)=O)CC3)nc12. The molecule has 0 radical (unpaired) electrons. The second-order valence-electron chi connectivity index (χ2n) is 5.96. The minimum Gasteiger partial charge on any atom is -0.348 e. The van der Waals surface area contributed by atoms with Crippen LogP contribution in [0.15, 0.2) is 18.2 Å². The molecule has 3 rings (SSSR count). The number of piperidine rings is 1. The monoisotopic (exact) mass is 317 g/mol. The summed E-state index contributed by atoms with van der Waals surface area (Å²) >= 11 is 1.78. The average Bonchev–Trinajstić information content (AvgIpc) is 2.98. The molecule has 2 heterocycles. The molecule has 1 aromatic heterocycles. The van der Waals surface area contributed by atoms with E-state index in [2.05, 4.69) is 30.0 Å². The number of hydrogen-bond acceptors (Lipinski definition) is 4. The molecule has 1 aliphatic heterocycles. The lowest BCUT2D eigenvalue weighted by Crippen LogP contribution is -2.45. The van der Waals surface area contributed by atoms with Gasteiger partial charge in [0.1, 0.15) is 0 Å².